The second-order valence-corrected chi connectivity index (χ2v) is 23.1. The van der Waals surface area contributed by atoms with Gasteiger partial charge in [0.15, 0.2) is 0 Å². The molecule has 0 saturated carbocycles. The first-order valence-corrected chi connectivity index (χ1v) is 27.6. The summed E-state index contributed by atoms with van der Waals surface area (Å²) in [5, 5.41) is 6.61. The fraction of sp³-hybridized carbons (Fsp3) is 0.250. The van der Waals surface area contributed by atoms with Gasteiger partial charge in [-0.3, -0.25) is 0 Å². The summed E-state index contributed by atoms with van der Waals surface area (Å²) in [6.45, 7) is 17.5. The Hall–Kier alpha value is -6.44. The molecule has 4 nitrogen and oxygen atoms in total. The van der Waals surface area contributed by atoms with Crippen LogP contribution in [0.3, 0.4) is 0 Å². The van der Waals surface area contributed by atoms with Gasteiger partial charge in [-0.1, -0.05) is 84.9 Å². The number of aryl methyl sites for hydroxylation is 10. The minimum Gasteiger partial charge on any atom is -0.415 e. The molecular formula is C64H60O4P2. The van der Waals surface area contributed by atoms with Crippen LogP contribution < -0.4 is 0 Å². The summed E-state index contributed by atoms with van der Waals surface area (Å²) < 4.78 is 30.9. The lowest BCUT2D eigenvalue weighted by Gasteiger charge is -2.30. The van der Waals surface area contributed by atoms with E-state index in [9.17, 15) is 0 Å². The molecule has 0 amide bonds. The Balaban J connectivity index is 1.35. The molecule has 0 N–H and O–H groups in total. The van der Waals surface area contributed by atoms with Crippen molar-refractivity contribution in [3.8, 4) is 44.0 Å². The molecule has 0 radical (unpaired) electrons. The summed E-state index contributed by atoms with van der Waals surface area (Å²) in [6.07, 6.45) is 8.48. The van der Waals surface area contributed by atoms with Crippen LogP contribution in [0.2, 0.25) is 0 Å². The van der Waals surface area contributed by atoms with Crippen LogP contribution in [-0.4, -0.2) is 0 Å². The predicted octanol–water partition coefficient (Wildman–Crippen LogP) is 20.1. The molecule has 2 heterocycles. The lowest BCUT2D eigenvalue weighted by atomic mass is 9.78. The second kappa shape index (κ2) is 17.8. The Bertz CT molecular complexity index is 3460. The molecule has 0 fully saturated rings. The highest BCUT2D eigenvalue weighted by Crippen LogP contribution is 2.61. The highest BCUT2D eigenvalue weighted by Gasteiger charge is 2.34. The van der Waals surface area contributed by atoms with Crippen LogP contribution >= 0.6 is 16.0 Å². The quantitative estimate of drug-likeness (QED) is 0.172. The van der Waals surface area contributed by atoms with Crippen molar-refractivity contribution in [1.29, 1.82) is 0 Å². The zero-order valence-electron chi connectivity index (χ0n) is 41.7. The summed E-state index contributed by atoms with van der Waals surface area (Å²) in [5.41, 5.74) is 25.7. The van der Waals surface area contributed by atoms with Crippen molar-refractivity contribution in [2.24, 2.45) is 0 Å². The molecule has 0 spiro atoms. The van der Waals surface area contributed by atoms with Gasteiger partial charge in [0, 0.05) is 43.8 Å². The molecule has 10 aromatic rings. The van der Waals surface area contributed by atoms with E-state index < -0.39 is 16.0 Å². The van der Waals surface area contributed by atoms with Crippen LogP contribution in [0.15, 0.2) is 138 Å². The monoisotopic (exact) mass is 954 g/mol. The predicted molar refractivity (Wildman–Crippen MR) is 296 cm³/mol. The van der Waals surface area contributed by atoms with Crippen molar-refractivity contribution >= 4 is 59.9 Å². The summed E-state index contributed by atoms with van der Waals surface area (Å²) in [5.74, 6) is 0. The lowest BCUT2D eigenvalue weighted by Crippen LogP contribution is -2.11. The van der Waals surface area contributed by atoms with Gasteiger partial charge in [-0.05, 0) is 221 Å². The van der Waals surface area contributed by atoms with Crippen molar-refractivity contribution in [3.63, 3.8) is 0 Å². The van der Waals surface area contributed by atoms with E-state index in [0.29, 0.717) is 0 Å². The summed E-state index contributed by atoms with van der Waals surface area (Å²) in [6, 6.07) is 45.3. The average molecular weight is 955 g/mol. The van der Waals surface area contributed by atoms with Gasteiger partial charge >= 0.3 is 0 Å². The van der Waals surface area contributed by atoms with Gasteiger partial charge in [0.1, 0.15) is 22.3 Å². The van der Waals surface area contributed by atoms with E-state index in [-0.39, 0.29) is 0 Å². The summed E-state index contributed by atoms with van der Waals surface area (Å²) in [4.78, 5) is 0. The molecule has 2 aliphatic carbocycles. The third kappa shape index (κ3) is 7.67. The molecule has 8 aromatic carbocycles. The van der Waals surface area contributed by atoms with Gasteiger partial charge in [-0.2, -0.15) is 0 Å². The number of rotatable bonds is 5. The number of fused-ring (bicyclic) bond motifs is 8. The molecule has 0 unspecified atom stereocenters. The van der Waals surface area contributed by atoms with Crippen LogP contribution in [0.5, 0.6) is 0 Å². The molecule has 0 bridgehead atoms. The Labute approximate surface area is 413 Å². The fourth-order valence-corrected chi connectivity index (χ4v) is 15.7. The molecule has 12 rings (SSSR count). The summed E-state index contributed by atoms with van der Waals surface area (Å²) in [7, 11) is -3.62. The maximum Gasteiger partial charge on any atom is 0.254 e. The van der Waals surface area contributed by atoms with E-state index in [2.05, 4.69) is 177 Å². The van der Waals surface area contributed by atoms with Crippen molar-refractivity contribution in [3.05, 3.63) is 188 Å². The molecule has 2 aromatic heterocycles. The maximum atomic E-state index is 7.72. The zero-order valence-corrected chi connectivity index (χ0v) is 43.5. The standard InChI is InChI=1S/C64H60O4P2/c1-37-27-41(5)59-53(31-37)54-32-38(2)28-42(6)60(54)66-69(65-59)63-51(45-19-11-9-12-20-45)35-47-23-15-17-25-49(47)57(63)58-50-26-18-16-24-48(50)36-52(46-21-13-10-14-22-46)64(58)70-67-61-43(7)29-39(3)33-55(61)56-34-40(4)30-44(8)62(56)68-70/h9-14,19-22,27-36H,15-18,23-26H2,1-8H3. The van der Waals surface area contributed by atoms with E-state index in [0.717, 1.165) is 139 Å². The Kier molecular flexibility index (Phi) is 11.3. The van der Waals surface area contributed by atoms with Crippen molar-refractivity contribution in [2.45, 2.75) is 107 Å². The number of benzene rings is 8. The molecule has 70 heavy (non-hydrogen) atoms. The maximum absolute atomic E-state index is 7.72. The van der Waals surface area contributed by atoms with Gasteiger partial charge in [0.05, 0.1) is 10.6 Å². The zero-order chi connectivity index (χ0) is 47.9. The topological polar surface area (TPSA) is 52.6 Å². The van der Waals surface area contributed by atoms with Crippen molar-refractivity contribution in [2.75, 3.05) is 0 Å². The summed E-state index contributed by atoms with van der Waals surface area (Å²) >= 11 is 0. The van der Waals surface area contributed by atoms with Crippen molar-refractivity contribution < 1.29 is 16.8 Å². The first-order chi connectivity index (χ1) is 34.0. The molecule has 350 valence electrons. The Morgan fingerprint density at radius 2 is 0.643 bits per heavy atom. The largest absolute Gasteiger partial charge is 0.415 e. The molecule has 0 saturated heterocycles. The van der Waals surface area contributed by atoms with Crippen LogP contribution in [0, 0.1) is 55.4 Å². The van der Waals surface area contributed by atoms with Gasteiger partial charge in [0.2, 0.25) is 0 Å². The minimum atomic E-state index is -1.81. The van der Waals surface area contributed by atoms with E-state index in [4.69, 9.17) is 16.8 Å². The van der Waals surface area contributed by atoms with E-state index in [1.54, 1.807) is 0 Å². The third-order valence-electron chi connectivity index (χ3n) is 15.0. The van der Waals surface area contributed by atoms with E-state index in [1.807, 2.05) is 0 Å². The number of hydrogen-bond donors (Lipinski definition) is 0. The fourth-order valence-electron chi connectivity index (χ4n) is 12.0. The first kappa shape index (κ1) is 44.7. The SMILES string of the molecule is Cc1cc(C)c2op(-c3c(-c4ccccc4)cc4c(c3-c3c5c(cc(-c6ccccc6)c3-p3oc6c(C)cc(C)cc6c6cc(C)cc(C)c6o3)CCCC5)CCCC4)oc3c(C)cc(C)cc3c2c1. The normalized spacial score (nSPS) is 13.5. The van der Waals surface area contributed by atoms with Crippen LogP contribution in [-0.2, 0) is 25.7 Å². The molecule has 6 heteroatoms. The van der Waals surface area contributed by atoms with Crippen LogP contribution in [0.4, 0.5) is 0 Å². The van der Waals surface area contributed by atoms with Gasteiger partial charge in [0.25, 0.3) is 16.0 Å². The second-order valence-electron chi connectivity index (χ2n) is 20.4. The highest BCUT2D eigenvalue weighted by atomic mass is 31.1. The molecule has 0 aliphatic heterocycles. The number of hydrogen-bond acceptors (Lipinski definition) is 4. The first-order valence-electron chi connectivity index (χ1n) is 25.3. The highest BCUT2D eigenvalue weighted by molar-refractivity contribution is 7.47. The third-order valence-corrected chi connectivity index (χ3v) is 18.0. The van der Waals surface area contributed by atoms with E-state index in [1.165, 1.54) is 66.8 Å². The average Bonchev–Trinajstić information content (AvgIpc) is 3.62. The van der Waals surface area contributed by atoms with Crippen molar-refractivity contribution in [1.82, 2.24) is 0 Å². The van der Waals surface area contributed by atoms with Crippen LogP contribution in [0.25, 0.3) is 87.9 Å². The molecule has 2 aliphatic rings. The van der Waals surface area contributed by atoms with E-state index >= 15 is 0 Å². The lowest BCUT2D eigenvalue weighted by molar-refractivity contribution is 0.645. The minimum absolute atomic E-state index is 0.896. The molecule has 0 atom stereocenters. The Morgan fingerprint density at radius 1 is 0.343 bits per heavy atom. The van der Waals surface area contributed by atoms with Gasteiger partial charge in [-0.15, -0.1) is 0 Å². The van der Waals surface area contributed by atoms with Gasteiger partial charge < -0.3 is 16.8 Å². The Morgan fingerprint density at radius 3 is 0.957 bits per heavy atom. The van der Waals surface area contributed by atoms with Crippen LogP contribution in [0.1, 0.15) is 92.4 Å². The van der Waals surface area contributed by atoms with Gasteiger partial charge in [-0.25, -0.2) is 0 Å². The molecular weight excluding hydrogens is 895 g/mol. The smallest absolute Gasteiger partial charge is 0.254 e.